The van der Waals surface area contributed by atoms with Crippen molar-refractivity contribution in [3.05, 3.63) is 73.2 Å². The number of benzene rings is 1. The van der Waals surface area contributed by atoms with Gasteiger partial charge in [0.15, 0.2) is 5.70 Å². The van der Waals surface area contributed by atoms with Crippen molar-refractivity contribution in [3.63, 3.8) is 0 Å². The van der Waals surface area contributed by atoms with Gasteiger partial charge in [0.25, 0.3) is 0 Å². The highest BCUT2D eigenvalue weighted by Gasteiger charge is 2.54. The van der Waals surface area contributed by atoms with Crippen molar-refractivity contribution >= 4 is 71.6 Å². The van der Waals surface area contributed by atoms with Crippen LogP contribution < -0.4 is 0 Å². The summed E-state index contributed by atoms with van der Waals surface area (Å²) in [5.41, 5.74) is 3.91. The number of allylic oxidation sites excluding steroid dienone is 2. The molecule has 8 heteroatoms. The average molecular weight is 566 g/mol. The van der Waals surface area contributed by atoms with E-state index in [9.17, 15) is 0 Å². The fraction of sp³-hybridized carbons (Fsp3) is 0.0625. The van der Waals surface area contributed by atoms with Crippen LogP contribution in [0.25, 0.3) is 5.57 Å². The van der Waals surface area contributed by atoms with Crippen molar-refractivity contribution < 1.29 is 13.1 Å². The van der Waals surface area contributed by atoms with Crippen LogP contribution in [0.5, 0.6) is 0 Å². The maximum atomic E-state index is 15.2. The molecule has 0 atom stereocenters. The summed E-state index contributed by atoms with van der Waals surface area (Å²) in [6, 6.07) is 9.39. The van der Waals surface area contributed by atoms with Crippen LogP contribution >= 0.6 is 54.5 Å². The minimum atomic E-state index is -3.97. The van der Waals surface area contributed by atoms with Crippen LogP contribution in [0.2, 0.25) is 0 Å². The lowest BCUT2D eigenvalue weighted by Crippen LogP contribution is -2.50. The highest BCUT2D eigenvalue weighted by atomic mass is 127. The first kappa shape index (κ1) is 16.7. The molecule has 0 saturated carbocycles. The van der Waals surface area contributed by atoms with Crippen LogP contribution in [0.15, 0.2) is 52.8 Å². The Bertz CT molecular complexity index is 992. The first-order chi connectivity index (χ1) is 11.3. The predicted octanol–water partition coefficient (Wildman–Crippen LogP) is 5.54. The number of nitrogens with zero attached hydrogens (tertiary/aromatic N) is 2. The smallest absolute Gasteiger partial charge is 0.389 e. The van der Waals surface area contributed by atoms with Crippen LogP contribution in [0.1, 0.15) is 16.8 Å². The molecule has 1 aromatic heterocycles. The van der Waals surface area contributed by atoms with Gasteiger partial charge in [0, 0.05) is 37.3 Å². The molecule has 2 aromatic rings. The molecule has 2 nitrogen and oxygen atoms in total. The van der Waals surface area contributed by atoms with E-state index in [1.54, 1.807) is 24.3 Å². The fourth-order valence-electron chi connectivity index (χ4n) is 3.29. The van der Waals surface area contributed by atoms with E-state index in [4.69, 9.17) is 0 Å². The van der Waals surface area contributed by atoms with Crippen molar-refractivity contribution in [1.82, 2.24) is 4.48 Å². The number of fused-ring (bicyclic) bond motifs is 2. The molecule has 4 rings (SSSR count). The molecule has 0 aliphatic carbocycles. The third kappa shape index (κ3) is 2.18. The molecule has 2 aliphatic rings. The van der Waals surface area contributed by atoms with Gasteiger partial charge in [-0.1, -0.05) is 12.1 Å². The maximum absolute atomic E-state index is 15.2. The number of halogens is 5. The first-order valence-electron chi connectivity index (χ1n) is 7.23. The van der Waals surface area contributed by atoms with E-state index in [0.717, 1.165) is 29.2 Å². The zero-order valence-electron chi connectivity index (χ0n) is 12.4. The Morgan fingerprint density at radius 3 is 2.62 bits per heavy atom. The summed E-state index contributed by atoms with van der Waals surface area (Å²) >= 11 is 8.83. The molecule has 0 unspecified atom stereocenters. The summed E-state index contributed by atoms with van der Waals surface area (Å²) < 4.78 is 34.3. The Morgan fingerprint density at radius 2 is 1.88 bits per heavy atom. The lowest BCUT2D eigenvalue weighted by molar-refractivity contribution is -0.358. The second-order valence-electron chi connectivity index (χ2n) is 5.70. The van der Waals surface area contributed by atoms with Gasteiger partial charge in [0.1, 0.15) is 0 Å². The summed E-state index contributed by atoms with van der Waals surface area (Å²) in [6.07, 6.45) is 3.42. The van der Waals surface area contributed by atoms with E-state index < -0.39 is 6.97 Å². The number of aromatic nitrogens is 1. The summed E-state index contributed by atoms with van der Waals surface area (Å²) in [4.78, 5) is 0. The molecule has 1 aromatic carbocycles. The number of hydrogen-bond donors (Lipinski definition) is 0. The summed E-state index contributed by atoms with van der Waals surface area (Å²) in [7, 11) is 0. The normalized spacial score (nSPS) is 18.2. The second-order valence-corrected chi connectivity index (χ2v) is 8.49. The van der Waals surface area contributed by atoms with E-state index in [1.165, 1.54) is 0 Å². The Hall–Kier alpha value is -0.735. The van der Waals surface area contributed by atoms with E-state index in [1.807, 2.05) is 25.1 Å². The average Bonchev–Trinajstić information content (AvgIpc) is 3.09. The lowest BCUT2D eigenvalue weighted by atomic mass is 9.85. The highest BCUT2D eigenvalue weighted by Crippen LogP contribution is 2.43. The molecule has 0 amide bonds. The van der Waals surface area contributed by atoms with Crippen LogP contribution in [0, 0.1) is 10.5 Å². The van der Waals surface area contributed by atoms with E-state index in [0.29, 0.717) is 20.6 Å². The molecule has 122 valence electrons. The zero-order chi connectivity index (χ0) is 17.2. The monoisotopic (exact) mass is 564 g/mol. The van der Waals surface area contributed by atoms with Gasteiger partial charge in [0.2, 0.25) is 4.62 Å². The highest BCUT2D eigenvalue weighted by molar-refractivity contribution is 14.1. The Labute approximate surface area is 168 Å². The second kappa shape index (κ2) is 5.64. The van der Waals surface area contributed by atoms with Crippen molar-refractivity contribution in [1.29, 1.82) is 0 Å². The quantitative estimate of drug-likeness (QED) is 0.317. The van der Waals surface area contributed by atoms with Gasteiger partial charge in [-0.15, -0.1) is 0 Å². The van der Waals surface area contributed by atoms with Crippen molar-refractivity contribution in [2.45, 2.75) is 6.92 Å². The molecule has 0 bridgehead atoms. The van der Waals surface area contributed by atoms with Crippen LogP contribution in [-0.2, 0) is 0 Å². The molecule has 0 fully saturated rings. The molecule has 3 heterocycles. The Morgan fingerprint density at radius 1 is 1.12 bits per heavy atom. The van der Waals surface area contributed by atoms with Crippen molar-refractivity contribution in [2.24, 2.45) is 0 Å². The van der Waals surface area contributed by atoms with Gasteiger partial charge in [0.05, 0.1) is 10.2 Å². The lowest BCUT2D eigenvalue weighted by Gasteiger charge is -2.32. The van der Waals surface area contributed by atoms with E-state index >= 15 is 8.63 Å². The van der Waals surface area contributed by atoms with Gasteiger partial charge in [-0.25, -0.2) is 0 Å². The van der Waals surface area contributed by atoms with Crippen LogP contribution in [0.3, 0.4) is 0 Å². The van der Waals surface area contributed by atoms with E-state index in [2.05, 4.69) is 54.5 Å². The van der Waals surface area contributed by atoms with Crippen LogP contribution in [-0.4, -0.2) is 20.6 Å². The topological polar surface area (TPSA) is 7.94 Å². The molecule has 0 saturated heterocycles. The van der Waals surface area contributed by atoms with Crippen molar-refractivity contribution in [3.8, 4) is 0 Å². The van der Waals surface area contributed by atoms with Gasteiger partial charge in [-0.05, 0) is 74.8 Å². The Kier molecular flexibility index (Phi) is 3.93. The number of hydrogen-bond acceptors (Lipinski definition) is 0. The van der Waals surface area contributed by atoms with Gasteiger partial charge in [-0.2, -0.15) is 0 Å². The molecule has 2 aliphatic heterocycles. The zero-order valence-corrected chi connectivity index (χ0v) is 17.7. The van der Waals surface area contributed by atoms with Gasteiger partial charge < -0.3 is 17.6 Å². The van der Waals surface area contributed by atoms with E-state index in [-0.39, 0.29) is 0 Å². The number of rotatable bonds is 1. The third-order valence-electron chi connectivity index (χ3n) is 4.41. The molecular formula is C16H10BBr2F2IN2. The predicted molar refractivity (Wildman–Crippen MR) is 109 cm³/mol. The standard InChI is InChI=1S/C16H10BBr2F2IN2/c1-9-10(3-2-4-11(9)22)16-12-5-7-14(18)23(12)17(20,21)24-13(16)6-8-15(24)19/h2-8H,1H3. The van der Waals surface area contributed by atoms with Gasteiger partial charge >= 0.3 is 6.97 Å². The largest absolute Gasteiger partial charge is 0.738 e. The van der Waals surface area contributed by atoms with Gasteiger partial charge in [-0.3, -0.25) is 0 Å². The first-order valence-corrected chi connectivity index (χ1v) is 9.89. The fourth-order valence-corrected chi connectivity index (χ4v) is 4.92. The van der Waals surface area contributed by atoms with Crippen LogP contribution in [0.4, 0.5) is 8.63 Å². The minimum Gasteiger partial charge on any atom is -0.389 e. The molecule has 0 N–H and O–H groups in total. The minimum absolute atomic E-state index is 0.370. The molecule has 0 spiro atoms. The summed E-state index contributed by atoms with van der Waals surface area (Å²) in [5.74, 6) is 0. The Balaban J connectivity index is 2.15. The summed E-state index contributed by atoms with van der Waals surface area (Å²) in [6.45, 7) is -1.95. The molecular weight excluding hydrogens is 556 g/mol. The van der Waals surface area contributed by atoms with Crippen molar-refractivity contribution in [2.75, 3.05) is 0 Å². The third-order valence-corrected chi connectivity index (χ3v) is 6.87. The molecule has 24 heavy (non-hydrogen) atoms. The molecule has 0 radical (unpaired) electrons. The summed E-state index contributed by atoms with van der Waals surface area (Å²) in [5, 5.41) is 0. The maximum Gasteiger partial charge on any atom is 0.738 e. The SMILES string of the molecule is Cc1c(I)cccc1C1=C2C=CC(Br)=[N+]2[B-](F)(F)n2c(Br)ccc21.